The van der Waals surface area contributed by atoms with Crippen molar-refractivity contribution in [1.82, 2.24) is 9.80 Å². The maximum absolute atomic E-state index is 12.1. The highest BCUT2D eigenvalue weighted by Crippen LogP contribution is 2.24. The van der Waals surface area contributed by atoms with Crippen LogP contribution in [-0.4, -0.2) is 66.9 Å². The van der Waals surface area contributed by atoms with Gasteiger partial charge in [-0.3, -0.25) is 20.6 Å². The zero-order valence-corrected chi connectivity index (χ0v) is 18.7. The third kappa shape index (κ3) is 5.30. The molecular formula is C22H24ClN7O2. The van der Waals surface area contributed by atoms with Crippen molar-refractivity contribution in [3.05, 3.63) is 64.7 Å². The number of rotatable bonds is 4. The summed E-state index contributed by atoms with van der Waals surface area (Å²) in [5.41, 5.74) is 7.83. The summed E-state index contributed by atoms with van der Waals surface area (Å²) in [6.45, 7) is 0.449. The van der Waals surface area contributed by atoms with Crippen LogP contribution in [0.5, 0.6) is 0 Å². The minimum atomic E-state index is -0.374. The van der Waals surface area contributed by atoms with E-state index >= 15 is 0 Å². The van der Waals surface area contributed by atoms with Gasteiger partial charge >= 0.3 is 0 Å². The van der Waals surface area contributed by atoms with Crippen LogP contribution in [0.2, 0.25) is 5.02 Å². The summed E-state index contributed by atoms with van der Waals surface area (Å²) in [5, 5.41) is 17.1. The highest BCUT2D eigenvalue weighted by atomic mass is 35.5. The molecule has 0 spiro atoms. The fraction of sp³-hybridized carbons (Fsp3) is 0.227. The Labute approximate surface area is 191 Å². The quantitative estimate of drug-likeness (QED) is 0.484. The molecule has 0 saturated carbocycles. The van der Waals surface area contributed by atoms with Crippen molar-refractivity contribution in [3.8, 4) is 0 Å². The van der Waals surface area contributed by atoms with Crippen LogP contribution in [0.1, 0.15) is 22.0 Å². The Hall–Kier alpha value is -3.72. The Kier molecular flexibility index (Phi) is 6.89. The molecule has 3 rings (SSSR count). The third-order valence-electron chi connectivity index (χ3n) is 4.77. The largest absolute Gasteiger partial charge is 0.405 e. The molecule has 0 saturated heterocycles. The number of aliphatic imine (C=N–C) groups is 2. The number of halogens is 1. The van der Waals surface area contributed by atoms with Crippen LogP contribution in [-0.2, 0) is 4.74 Å². The molecule has 2 aromatic rings. The van der Waals surface area contributed by atoms with E-state index in [0.717, 1.165) is 5.56 Å². The van der Waals surface area contributed by atoms with Gasteiger partial charge in [0.05, 0.1) is 11.7 Å². The number of carbonyl (C=O) groups excluding carboxylic acids is 1. The van der Waals surface area contributed by atoms with Crippen LogP contribution in [0.25, 0.3) is 0 Å². The second kappa shape index (κ2) is 9.61. The van der Waals surface area contributed by atoms with Crippen molar-refractivity contribution < 1.29 is 9.53 Å². The van der Waals surface area contributed by atoms with Crippen LogP contribution in [0, 0.1) is 10.8 Å². The van der Waals surface area contributed by atoms with Gasteiger partial charge in [0.25, 0.3) is 11.9 Å². The Morgan fingerprint density at radius 1 is 1.22 bits per heavy atom. The lowest BCUT2D eigenvalue weighted by Gasteiger charge is -2.30. The van der Waals surface area contributed by atoms with Gasteiger partial charge in [0, 0.05) is 38.3 Å². The molecule has 4 N–H and O–H groups in total. The van der Waals surface area contributed by atoms with E-state index in [1.165, 1.54) is 4.90 Å². The van der Waals surface area contributed by atoms with Crippen LogP contribution >= 0.6 is 11.6 Å². The van der Waals surface area contributed by atoms with Gasteiger partial charge in [-0.1, -0.05) is 23.7 Å². The first kappa shape index (κ1) is 23.0. The number of hydrogen-bond acceptors (Lipinski definition) is 6. The number of benzene rings is 2. The van der Waals surface area contributed by atoms with Gasteiger partial charge in [-0.05, 0) is 42.0 Å². The smallest absolute Gasteiger partial charge is 0.294 e. The molecule has 166 valence electrons. The first-order valence-corrected chi connectivity index (χ1v) is 10.1. The molecule has 1 aliphatic rings. The van der Waals surface area contributed by atoms with Gasteiger partial charge in [0.1, 0.15) is 0 Å². The van der Waals surface area contributed by atoms with E-state index in [2.05, 4.69) is 9.98 Å². The van der Waals surface area contributed by atoms with Crippen LogP contribution in [0.15, 0.2) is 58.5 Å². The Bertz CT molecular complexity index is 1090. The molecule has 1 amide bonds. The third-order valence-corrected chi connectivity index (χ3v) is 5.03. The summed E-state index contributed by atoms with van der Waals surface area (Å²) in [6, 6.07) is 13.2. The minimum absolute atomic E-state index is 0.0462. The van der Waals surface area contributed by atoms with E-state index in [-0.39, 0.29) is 35.4 Å². The van der Waals surface area contributed by atoms with Gasteiger partial charge in [-0.15, -0.1) is 0 Å². The van der Waals surface area contributed by atoms with Crippen molar-refractivity contribution >= 4 is 46.7 Å². The van der Waals surface area contributed by atoms with Gasteiger partial charge in [-0.2, -0.15) is 4.99 Å². The fourth-order valence-electron chi connectivity index (χ4n) is 3.06. The molecule has 0 bridgehead atoms. The monoisotopic (exact) mass is 453 g/mol. The Balaban J connectivity index is 1.80. The Morgan fingerprint density at radius 3 is 2.44 bits per heavy atom. The SMILES string of the molecule is CN(C)C(=O)c1ccc(C2CN(C)C(=N)C(C(=N)OC(N)=Nc3ccc(Cl)cc3)=N2)cc1. The van der Waals surface area contributed by atoms with E-state index in [1.54, 1.807) is 62.4 Å². The maximum atomic E-state index is 12.1. The van der Waals surface area contributed by atoms with Crippen molar-refractivity contribution in [1.29, 1.82) is 10.8 Å². The van der Waals surface area contributed by atoms with Gasteiger partial charge in [0.15, 0.2) is 11.5 Å². The molecule has 1 unspecified atom stereocenters. The lowest BCUT2D eigenvalue weighted by Crippen LogP contribution is -2.44. The Morgan fingerprint density at radius 2 is 1.84 bits per heavy atom. The molecule has 1 aliphatic heterocycles. The van der Waals surface area contributed by atoms with Crippen LogP contribution in [0.3, 0.4) is 0 Å². The zero-order chi connectivity index (χ0) is 23.4. The molecule has 32 heavy (non-hydrogen) atoms. The lowest BCUT2D eigenvalue weighted by molar-refractivity contribution is 0.0827. The lowest BCUT2D eigenvalue weighted by atomic mass is 10.0. The van der Waals surface area contributed by atoms with Crippen molar-refractivity contribution in [2.24, 2.45) is 15.7 Å². The van der Waals surface area contributed by atoms with E-state index in [4.69, 9.17) is 32.9 Å². The van der Waals surface area contributed by atoms with Crippen LogP contribution < -0.4 is 5.73 Å². The first-order chi connectivity index (χ1) is 15.2. The van der Waals surface area contributed by atoms with E-state index in [1.807, 2.05) is 12.1 Å². The molecule has 10 heteroatoms. The minimum Gasteiger partial charge on any atom is -0.405 e. The second-order valence-corrected chi connectivity index (χ2v) is 7.84. The molecule has 0 radical (unpaired) electrons. The summed E-state index contributed by atoms with van der Waals surface area (Å²) in [4.78, 5) is 23.9. The van der Waals surface area contributed by atoms with Gasteiger partial charge in [0.2, 0.25) is 5.90 Å². The molecule has 9 nitrogen and oxygen atoms in total. The van der Waals surface area contributed by atoms with Crippen LogP contribution in [0.4, 0.5) is 5.69 Å². The number of nitrogens with one attached hydrogen (secondary N) is 2. The van der Waals surface area contributed by atoms with Gasteiger partial charge in [-0.25, -0.2) is 0 Å². The normalized spacial score (nSPS) is 16.4. The van der Waals surface area contributed by atoms with Crippen molar-refractivity contribution in [3.63, 3.8) is 0 Å². The topological polar surface area (TPSA) is 131 Å². The van der Waals surface area contributed by atoms with E-state index in [9.17, 15) is 4.79 Å². The van der Waals surface area contributed by atoms with E-state index in [0.29, 0.717) is 22.8 Å². The first-order valence-electron chi connectivity index (χ1n) is 9.71. The molecule has 1 heterocycles. The number of amides is 1. The molecule has 0 fully saturated rings. The molecule has 0 aromatic heterocycles. The predicted molar refractivity (Wildman–Crippen MR) is 127 cm³/mol. The van der Waals surface area contributed by atoms with E-state index < -0.39 is 0 Å². The average Bonchev–Trinajstić information content (AvgIpc) is 2.76. The number of carbonyl (C=O) groups is 1. The number of nitrogens with zero attached hydrogens (tertiary/aromatic N) is 4. The van der Waals surface area contributed by atoms with Gasteiger partial charge < -0.3 is 20.3 Å². The fourth-order valence-corrected chi connectivity index (χ4v) is 3.19. The summed E-state index contributed by atoms with van der Waals surface area (Å²) >= 11 is 5.86. The molecule has 0 aliphatic carbocycles. The highest BCUT2D eigenvalue weighted by Gasteiger charge is 2.29. The molecule has 1 atom stereocenters. The van der Waals surface area contributed by atoms with Crippen molar-refractivity contribution in [2.75, 3.05) is 27.7 Å². The predicted octanol–water partition coefficient (Wildman–Crippen LogP) is 3.09. The van der Waals surface area contributed by atoms with Crippen molar-refractivity contribution in [2.45, 2.75) is 6.04 Å². The second-order valence-electron chi connectivity index (χ2n) is 7.40. The number of amidine groups is 2. The standard InChI is InChI=1S/C22H24ClN7O2/c1-29(2)21(31)14-6-4-13(5-7-14)17-12-30(3)19(24)18(28-17)20(25)32-22(26)27-16-10-8-15(23)9-11-16/h4-11,17,24-25H,12H2,1-3H3,(H2,26,27). The highest BCUT2D eigenvalue weighted by molar-refractivity contribution is 6.66. The number of ether oxygens (including phenoxy) is 1. The summed E-state index contributed by atoms with van der Waals surface area (Å²) in [7, 11) is 5.14. The molecule has 2 aromatic carbocycles. The molecular weight excluding hydrogens is 430 g/mol. The zero-order valence-electron chi connectivity index (χ0n) is 18.0. The summed E-state index contributed by atoms with van der Waals surface area (Å²) in [6.07, 6.45) is 0. The number of hydrogen-bond donors (Lipinski definition) is 3. The number of nitrogens with two attached hydrogens (primary N) is 1. The number of likely N-dealkylation sites (N-methyl/N-ethyl adjacent to an activating group) is 1. The maximum Gasteiger partial charge on any atom is 0.294 e. The average molecular weight is 454 g/mol. The summed E-state index contributed by atoms with van der Waals surface area (Å²) in [5.74, 6) is -0.417. The summed E-state index contributed by atoms with van der Waals surface area (Å²) < 4.78 is 5.33.